The number of carbonyl (C=O) groups excluding carboxylic acids is 2. The molecule has 46 heavy (non-hydrogen) atoms. The molecule has 0 aliphatic carbocycles. The van der Waals surface area contributed by atoms with Crippen LogP contribution >= 0.6 is 34.8 Å². The van der Waals surface area contributed by atoms with Crippen LogP contribution in [0.25, 0.3) is 0 Å². The van der Waals surface area contributed by atoms with Crippen molar-refractivity contribution in [1.82, 2.24) is 10.2 Å². The maximum absolute atomic E-state index is 14.6. The first kappa shape index (κ1) is 35.3. The molecule has 0 fully saturated rings. The van der Waals surface area contributed by atoms with E-state index in [4.69, 9.17) is 34.8 Å². The summed E-state index contributed by atoms with van der Waals surface area (Å²) >= 11 is 19.4. The molecule has 11 heteroatoms. The van der Waals surface area contributed by atoms with Crippen molar-refractivity contribution >= 4 is 62.3 Å². The Bertz CT molecular complexity index is 1770. The van der Waals surface area contributed by atoms with Gasteiger partial charge in [0.05, 0.1) is 20.6 Å². The number of carbonyl (C=O) groups is 2. The molecule has 7 nitrogen and oxygen atoms in total. The number of aryl methyl sites for hydroxylation is 1. The van der Waals surface area contributed by atoms with Gasteiger partial charge < -0.3 is 10.2 Å². The van der Waals surface area contributed by atoms with Gasteiger partial charge in [-0.25, -0.2) is 8.42 Å². The summed E-state index contributed by atoms with van der Waals surface area (Å²) in [5, 5.41) is 3.51. The maximum Gasteiger partial charge on any atom is 0.264 e. The van der Waals surface area contributed by atoms with Crippen LogP contribution in [0.2, 0.25) is 15.1 Å². The molecule has 0 unspecified atom stereocenters. The minimum atomic E-state index is -4.33. The van der Waals surface area contributed by atoms with E-state index < -0.39 is 28.5 Å². The zero-order valence-corrected chi connectivity index (χ0v) is 28.9. The normalized spacial score (nSPS) is 12.7. The molecular formula is C35H36Cl3N3O4S. The molecular weight excluding hydrogens is 665 g/mol. The van der Waals surface area contributed by atoms with Crippen LogP contribution < -0.4 is 9.62 Å². The lowest BCUT2D eigenvalue weighted by atomic mass is 10.0. The highest BCUT2D eigenvalue weighted by atomic mass is 35.5. The third-order valence-electron chi connectivity index (χ3n) is 7.66. The number of amides is 2. The number of nitrogens with one attached hydrogen (secondary N) is 1. The molecule has 1 N–H and O–H groups in total. The van der Waals surface area contributed by atoms with E-state index in [1.54, 1.807) is 42.5 Å². The van der Waals surface area contributed by atoms with E-state index in [2.05, 4.69) is 5.32 Å². The predicted molar refractivity (Wildman–Crippen MR) is 186 cm³/mol. The van der Waals surface area contributed by atoms with Gasteiger partial charge in [-0.2, -0.15) is 0 Å². The Kier molecular flexibility index (Phi) is 12.1. The van der Waals surface area contributed by atoms with Gasteiger partial charge in [0.2, 0.25) is 11.8 Å². The first-order valence-corrected chi connectivity index (χ1v) is 17.4. The Morgan fingerprint density at radius 2 is 1.46 bits per heavy atom. The third kappa shape index (κ3) is 8.62. The van der Waals surface area contributed by atoms with Gasteiger partial charge in [-0.15, -0.1) is 0 Å². The van der Waals surface area contributed by atoms with Crippen LogP contribution in [0.5, 0.6) is 0 Å². The highest BCUT2D eigenvalue weighted by molar-refractivity contribution is 7.92. The van der Waals surface area contributed by atoms with E-state index in [0.717, 1.165) is 15.4 Å². The van der Waals surface area contributed by atoms with Crippen molar-refractivity contribution < 1.29 is 18.0 Å². The van der Waals surface area contributed by atoms with E-state index in [-0.39, 0.29) is 45.5 Å². The molecule has 0 bridgehead atoms. The van der Waals surface area contributed by atoms with Crippen LogP contribution in [0.3, 0.4) is 0 Å². The van der Waals surface area contributed by atoms with Gasteiger partial charge in [0.15, 0.2) is 0 Å². The molecule has 0 saturated heterocycles. The number of anilines is 1. The van der Waals surface area contributed by atoms with E-state index in [1.807, 2.05) is 51.1 Å². The average molecular weight is 701 g/mol. The zero-order valence-electron chi connectivity index (χ0n) is 25.8. The Balaban J connectivity index is 1.85. The van der Waals surface area contributed by atoms with Gasteiger partial charge in [-0.1, -0.05) is 114 Å². The van der Waals surface area contributed by atoms with Crippen LogP contribution in [0, 0.1) is 6.92 Å². The van der Waals surface area contributed by atoms with Gasteiger partial charge in [0.25, 0.3) is 10.0 Å². The first-order valence-electron chi connectivity index (χ1n) is 14.8. The maximum atomic E-state index is 14.6. The molecule has 0 saturated carbocycles. The van der Waals surface area contributed by atoms with Crippen LogP contribution in [0.15, 0.2) is 102 Å². The van der Waals surface area contributed by atoms with Crippen molar-refractivity contribution in [3.63, 3.8) is 0 Å². The number of halogens is 3. The van der Waals surface area contributed by atoms with Gasteiger partial charge in [0.1, 0.15) is 12.6 Å². The zero-order chi connectivity index (χ0) is 33.4. The Hall–Kier alpha value is -3.56. The standard InChI is InChI=1S/C35H36Cl3N3O4S/c1-4-25(3)39-35(43)32(21-26-11-6-5-7-12-26)40(22-27-13-8-9-14-29(27)36)33(42)23-41(31-16-10-15-30(37)34(31)38)46(44,45)28-19-17-24(2)18-20-28/h5-20,25,32H,4,21-23H2,1-3H3,(H,39,43)/t25-,32-/m0/s1. The van der Waals surface area contributed by atoms with Gasteiger partial charge in [-0.05, 0) is 61.7 Å². The number of hydrogen-bond donors (Lipinski definition) is 1. The average Bonchev–Trinajstić information content (AvgIpc) is 3.04. The van der Waals surface area contributed by atoms with Crippen molar-refractivity contribution in [3.05, 3.63) is 129 Å². The fourth-order valence-electron chi connectivity index (χ4n) is 4.84. The molecule has 4 rings (SSSR count). The Labute approximate surface area is 286 Å². The van der Waals surface area contributed by atoms with E-state index in [1.165, 1.54) is 29.2 Å². The lowest BCUT2D eigenvalue weighted by Crippen LogP contribution is -2.54. The summed E-state index contributed by atoms with van der Waals surface area (Å²) in [7, 11) is -4.33. The second-order valence-electron chi connectivity index (χ2n) is 11.0. The highest BCUT2D eigenvalue weighted by Crippen LogP contribution is 2.36. The van der Waals surface area contributed by atoms with Crippen LogP contribution in [0.4, 0.5) is 5.69 Å². The van der Waals surface area contributed by atoms with Crippen molar-refractivity contribution in [2.75, 3.05) is 10.8 Å². The number of nitrogens with zero attached hydrogens (tertiary/aromatic N) is 2. The Morgan fingerprint density at radius 1 is 0.826 bits per heavy atom. The van der Waals surface area contributed by atoms with Crippen molar-refractivity contribution in [1.29, 1.82) is 0 Å². The lowest BCUT2D eigenvalue weighted by molar-refractivity contribution is -0.140. The summed E-state index contributed by atoms with van der Waals surface area (Å²) in [6.45, 7) is 4.96. The number of rotatable bonds is 13. The van der Waals surface area contributed by atoms with Crippen molar-refractivity contribution in [3.8, 4) is 0 Å². The molecule has 0 heterocycles. The van der Waals surface area contributed by atoms with E-state index >= 15 is 0 Å². The molecule has 2 amide bonds. The molecule has 0 spiro atoms. The molecule has 0 aliphatic heterocycles. The summed E-state index contributed by atoms with van der Waals surface area (Å²) in [5.41, 5.74) is 2.32. The SMILES string of the molecule is CC[C@H](C)NC(=O)[C@H](Cc1ccccc1)N(Cc1ccccc1Cl)C(=O)CN(c1cccc(Cl)c1Cl)S(=O)(=O)c1ccc(C)cc1. The predicted octanol–water partition coefficient (Wildman–Crippen LogP) is 7.71. The van der Waals surface area contributed by atoms with Crippen LogP contribution in [-0.2, 0) is 32.6 Å². The van der Waals surface area contributed by atoms with Crippen LogP contribution in [0.1, 0.15) is 37.0 Å². The molecule has 0 aliphatic rings. The summed E-state index contributed by atoms with van der Waals surface area (Å²) in [5.74, 6) is -1.00. The molecule has 0 radical (unpaired) electrons. The minimum Gasteiger partial charge on any atom is -0.352 e. The number of hydrogen-bond acceptors (Lipinski definition) is 4. The lowest BCUT2D eigenvalue weighted by Gasteiger charge is -2.34. The van der Waals surface area contributed by atoms with Gasteiger partial charge >= 0.3 is 0 Å². The molecule has 2 atom stereocenters. The quantitative estimate of drug-likeness (QED) is 0.155. The Morgan fingerprint density at radius 3 is 2.11 bits per heavy atom. The molecule has 0 aromatic heterocycles. The molecule has 242 valence electrons. The van der Waals surface area contributed by atoms with Crippen molar-refractivity contribution in [2.24, 2.45) is 0 Å². The fourth-order valence-corrected chi connectivity index (χ4v) is 6.91. The largest absolute Gasteiger partial charge is 0.352 e. The van der Waals surface area contributed by atoms with E-state index in [0.29, 0.717) is 17.0 Å². The highest BCUT2D eigenvalue weighted by Gasteiger charge is 2.36. The number of benzene rings is 4. The smallest absolute Gasteiger partial charge is 0.264 e. The van der Waals surface area contributed by atoms with Gasteiger partial charge in [-0.3, -0.25) is 13.9 Å². The monoisotopic (exact) mass is 699 g/mol. The van der Waals surface area contributed by atoms with E-state index in [9.17, 15) is 18.0 Å². The van der Waals surface area contributed by atoms with Gasteiger partial charge in [0, 0.05) is 24.0 Å². The molecule has 4 aromatic rings. The summed E-state index contributed by atoms with van der Waals surface area (Å²) < 4.78 is 29.4. The topological polar surface area (TPSA) is 86.8 Å². The number of sulfonamides is 1. The second kappa shape index (κ2) is 15.8. The van der Waals surface area contributed by atoms with Crippen LogP contribution in [-0.4, -0.2) is 43.8 Å². The summed E-state index contributed by atoms with van der Waals surface area (Å²) in [6.07, 6.45) is 0.861. The third-order valence-corrected chi connectivity index (χ3v) is 10.6. The van der Waals surface area contributed by atoms with Crippen molar-refractivity contribution in [2.45, 2.75) is 57.1 Å². The second-order valence-corrected chi connectivity index (χ2v) is 14.1. The minimum absolute atomic E-state index is 0.0272. The molecule has 4 aromatic carbocycles. The fraction of sp³-hybridized carbons (Fsp3) is 0.257. The summed E-state index contributed by atoms with van der Waals surface area (Å²) in [4.78, 5) is 29.9. The summed E-state index contributed by atoms with van der Waals surface area (Å²) in [6, 6.07) is 26.1. The first-order chi connectivity index (χ1) is 21.9.